The van der Waals surface area contributed by atoms with Crippen LogP contribution < -0.4 is 11.5 Å². The summed E-state index contributed by atoms with van der Waals surface area (Å²) in [6, 6.07) is -0.771. The van der Waals surface area contributed by atoms with Crippen LogP contribution in [0.25, 0.3) is 0 Å². The van der Waals surface area contributed by atoms with Crippen molar-refractivity contribution in [3.8, 4) is 0 Å². The lowest BCUT2D eigenvalue weighted by atomic mass is 10.2. The molecule has 0 aliphatic heterocycles. The van der Waals surface area contributed by atoms with Crippen LogP contribution in [0.3, 0.4) is 0 Å². The summed E-state index contributed by atoms with van der Waals surface area (Å²) >= 11 is 0. The third-order valence-corrected chi connectivity index (χ3v) is 1.84. The van der Waals surface area contributed by atoms with Crippen molar-refractivity contribution in [2.75, 3.05) is 0 Å². The second-order valence-electron chi connectivity index (χ2n) is 2.99. The smallest absolute Gasteiger partial charge is 0.127 e. The van der Waals surface area contributed by atoms with Crippen LogP contribution in [-0.2, 0) is 0 Å². The second kappa shape index (κ2) is 10.6. The van der Waals surface area contributed by atoms with Gasteiger partial charge in [0.2, 0.25) is 0 Å². The highest BCUT2D eigenvalue weighted by Gasteiger charge is 2.11. The average molecular weight is 271 g/mol. The van der Waals surface area contributed by atoms with Crippen molar-refractivity contribution in [2.24, 2.45) is 21.7 Å². The van der Waals surface area contributed by atoms with Gasteiger partial charge in [-0.1, -0.05) is 13.8 Å². The van der Waals surface area contributed by atoms with Gasteiger partial charge < -0.3 is 11.5 Å². The van der Waals surface area contributed by atoms with Gasteiger partial charge in [-0.3, -0.25) is 10.8 Å². The molecule has 0 bridgehead atoms. The lowest BCUT2D eigenvalue weighted by Crippen LogP contribution is -2.28. The van der Waals surface area contributed by atoms with E-state index >= 15 is 0 Å². The van der Waals surface area contributed by atoms with Gasteiger partial charge in [-0.15, -0.1) is 24.8 Å². The molecule has 16 heavy (non-hydrogen) atoms. The quantitative estimate of drug-likeness (QED) is 0.333. The number of azo groups is 1. The summed E-state index contributed by atoms with van der Waals surface area (Å²) < 4.78 is 0. The third-order valence-electron chi connectivity index (χ3n) is 1.84. The Bertz CT molecular complexity index is 219. The Kier molecular flexibility index (Phi) is 13.6. The van der Waals surface area contributed by atoms with Gasteiger partial charge >= 0.3 is 0 Å². The van der Waals surface area contributed by atoms with Crippen LogP contribution in [0.4, 0.5) is 0 Å². The zero-order chi connectivity index (χ0) is 11.1. The second-order valence-corrected chi connectivity index (χ2v) is 2.99. The summed E-state index contributed by atoms with van der Waals surface area (Å²) in [6.45, 7) is 3.75. The molecule has 0 aliphatic rings. The maximum absolute atomic E-state index is 7.20. The third kappa shape index (κ3) is 7.42. The van der Waals surface area contributed by atoms with E-state index in [0.29, 0.717) is 12.8 Å². The fourth-order valence-corrected chi connectivity index (χ4v) is 0.888. The molecule has 0 aromatic heterocycles. The summed E-state index contributed by atoms with van der Waals surface area (Å²) in [5, 5.41) is 22.2. The number of nitrogens with two attached hydrogens (primary N) is 2. The Balaban J connectivity index is -0.000000845. The van der Waals surface area contributed by atoms with Gasteiger partial charge in [0.15, 0.2) is 0 Å². The van der Waals surface area contributed by atoms with Crippen LogP contribution >= 0.6 is 24.8 Å². The molecule has 0 aromatic rings. The Morgan fingerprint density at radius 3 is 1.31 bits per heavy atom. The molecule has 0 rings (SSSR count). The molecular formula is C8H20Cl2N6. The van der Waals surface area contributed by atoms with Gasteiger partial charge in [0, 0.05) is 0 Å². The molecule has 0 heterocycles. The van der Waals surface area contributed by atoms with E-state index in [1.165, 1.54) is 0 Å². The summed E-state index contributed by atoms with van der Waals surface area (Å²) in [7, 11) is 0. The van der Waals surface area contributed by atoms with E-state index in [0.717, 1.165) is 0 Å². The van der Waals surface area contributed by atoms with E-state index in [4.69, 9.17) is 22.3 Å². The summed E-state index contributed by atoms with van der Waals surface area (Å²) in [5.74, 6) is -0.00990. The molecule has 8 heteroatoms. The SMILES string of the molecule is CCC(/N=N/C(CC)C(=N)N)C(=N)N.Cl.Cl. The van der Waals surface area contributed by atoms with Crippen molar-refractivity contribution < 1.29 is 0 Å². The first-order valence-electron chi connectivity index (χ1n) is 4.60. The molecule has 0 saturated heterocycles. The minimum Gasteiger partial charge on any atom is -0.386 e. The predicted molar refractivity (Wildman–Crippen MR) is 71.3 cm³/mol. The lowest BCUT2D eigenvalue weighted by Gasteiger charge is -2.09. The molecule has 0 radical (unpaired) electrons. The van der Waals surface area contributed by atoms with Crippen LogP contribution in [0.1, 0.15) is 26.7 Å². The minimum absolute atomic E-state index is 0. The van der Waals surface area contributed by atoms with Gasteiger partial charge in [0.1, 0.15) is 23.8 Å². The number of hydrogen-bond donors (Lipinski definition) is 4. The number of nitrogens with zero attached hydrogens (tertiary/aromatic N) is 2. The van der Waals surface area contributed by atoms with E-state index in [2.05, 4.69) is 10.2 Å². The average Bonchev–Trinajstić information content (AvgIpc) is 2.11. The monoisotopic (exact) mass is 270 g/mol. The molecule has 6 nitrogen and oxygen atoms in total. The van der Waals surface area contributed by atoms with Crippen LogP contribution in [0.5, 0.6) is 0 Å². The molecular weight excluding hydrogens is 251 g/mol. The van der Waals surface area contributed by atoms with E-state index in [1.54, 1.807) is 0 Å². The molecule has 0 saturated carbocycles. The lowest BCUT2D eigenvalue weighted by molar-refractivity contribution is 0.680. The maximum Gasteiger partial charge on any atom is 0.127 e. The Morgan fingerprint density at radius 2 is 1.19 bits per heavy atom. The maximum atomic E-state index is 7.20. The number of amidine groups is 2. The summed E-state index contributed by atoms with van der Waals surface area (Å²) in [6.07, 6.45) is 1.26. The molecule has 0 amide bonds. The molecule has 0 fully saturated rings. The van der Waals surface area contributed by atoms with Crippen molar-refractivity contribution in [1.29, 1.82) is 10.8 Å². The van der Waals surface area contributed by atoms with Gasteiger partial charge in [-0.05, 0) is 12.8 Å². The Hall–Kier alpha value is -0.880. The first-order valence-corrected chi connectivity index (χ1v) is 4.60. The Morgan fingerprint density at radius 1 is 0.938 bits per heavy atom. The molecule has 0 aromatic carbocycles. The van der Waals surface area contributed by atoms with E-state index < -0.39 is 0 Å². The number of halogens is 2. The standard InChI is InChI=1S/C8H18N6.2ClH/c1-3-5(7(9)10)13-14-6(4-2)8(11)12;;/h5-6H,3-4H2,1-2H3,(H3,9,10)(H3,11,12);2*1H/b14-13+;;. The highest BCUT2D eigenvalue weighted by molar-refractivity contribution is 5.85. The van der Waals surface area contributed by atoms with E-state index in [-0.39, 0.29) is 48.6 Å². The number of hydrogen-bond acceptors (Lipinski definition) is 4. The zero-order valence-corrected chi connectivity index (χ0v) is 11.1. The van der Waals surface area contributed by atoms with Crippen molar-refractivity contribution in [2.45, 2.75) is 38.8 Å². The Labute approximate surface area is 108 Å². The van der Waals surface area contributed by atoms with Crippen LogP contribution in [0.2, 0.25) is 0 Å². The topological polar surface area (TPSA) is 124 Å². The predicted octanol–water partition coefficient (Wildman–Crippen LogP) is 1.71. The number of rotatable bonds is 6. The molecule has 96 valence electrons. The van der Waals surface area contributed by atoms with E-state index in [9.17, 15) is 0 Å². The van der Waals surface area contributed by atoms with Crippen molar-refractivity contribution in [3.05, 3.63) is 0 Å². The van der Waals surface area contributed by atoms with Gasteiger partial charge in [-0.2, -0.15) is 10.2 Å². The highest BCUT2D eigenvalue weighted by Crippen LogP contribution is 2.02. The summed E-state index contributed by atoms with van der Waals surface area (Å²) in [4.78, 5) is 0. The van der Waals surface area contributed by atoms with Crippen LogP contribution in [0.15, 0.2) is 10.2 Å². The normalized spacial score (nSPS) is 13.4. The van der Waals surface area contributed by atoms with E-state index in [1.807, 2.05) is 13.8 Å². The molecule has 2 unspecified atom stereocenters. The molecule has 0 aliphatic carbocycles. The first kappa shape index (κ1) is 20.5. The van der Waals surface area contributed by atoms with Crippen LogP contribution in [-0.4, -0.2) is 23.8 Å². The first-order chi connectivity index (χ1) is 6.52. The molecule has 6 N–H and O–H groups in total. The van der Waals surface area contributed by atoms with Crippen molar-refractivity contribution in [3.63, 3.8) is 0 Å². The van der Waals surface area contributed by atoms with Gasteiger partial charge in [-0.25, -0.2) is 0 Å². The number of nitrogens with one attached hydrogen (secondary N) is 2. The highest BCUT2D eigenvalue weighted by atomic mass is 35.5. The van der Waals surface area contributed by atoms with Gasteiger partial charge in [0.05, 0.1) is 0 Å². The van der Waals surface area contributed by atoms with Gasteiger partial charge in [0.25, 0.3) is 0 Å². The molecule has 2 atom stereocenters. The largest absolute Gasteiger partial charge is 0.386 e. The fourth-order valence-electron chi connectivity index (χ4n) is 0.888. The minimum atomic E-state index is -0.386. The zero-order valence-electron chi connectivity index (χ0n) is 9.43. The molecule has 0 spiro atoms. The van der Waals surface area contributed by atoms with Crippen molar-refractivity contribution in [1.82, 2.24) is 0 Å². The van der Waals surface area contributed by atoms with Crippen LogP contribution in [0, 0.1) is 10.8 Å². The fraction of sp³-hybridized carbons (Fsp3) is 0.750. The van der Waals surface area contributed by atoms with Crippen molar-refractivity contribution >= 4 is 36.5 Å². The summed E-state index contributed by atoms with van der Waals surface area (Å²) in [5.41, 5.74) is 10.6.